The number of rotatable bonds is 10. The average Bonchev–Trinajstić information content (AvgIpc) is 3.32. The summed E-state index contributed by atoms with van der Waals surface area (Å²) in [7, 11) is -1.73. The molecule has 178 valence electrons. The quantitative estimate of drug-likeness (QED) is 0.382. The van der Waals surface area contributed by atoms with Crippen LogP contribution in [0.15, 0.2) is 5.38 Å². The van der Waals surface area contributed by atoms with E-state index in [-0.39, 0.29) is 11.0 Å². The van der Waals surface area contributed by atoms with Crippen LogP contribution in [0.1, 0.15) is 51.6 Å². The van der Waals surface area contributed by atoms with Crippen LogP contribution >= 0.6 is 11.3 Å². The van der Waals surface area contributed by atoms with Crippen molar-refractivity contribution in [2.45, 2.75) is 70.2 Å². The molecule has 13 heteroatoms. The van der Waals surface area contributed by atoms with Crippen LogP contribution in [0.5, 0.6) is 0 Å². The zero-order chi connectivity index (χ0) is 23.6. The Morgan fingerprint density at radius 2 is 1.97 bits per heavy atom. The van der Waals surface area contributed by atoms with Gasteiger partial charge in [-0.05, 0) is 31.1 Å². The number of anilines is 1. The molecule has 1 saturated carbocycles. The standard InChI is InChI=1S/C19H28BF3N4O4S/c1-10(2)7-15(20(30)31)26-16(28)12(8-11-3-4-11)24-17(29)13-5-6-27(13)18-25-14(9-32-18)19(21,22)23/h9-13,15,30-31H,3-8H2,1-2H3,(H,24,29)(H,26,28)/t12-,13-,15-/m0/s1. The first-order valence-electron chi connectivity index (χ1n) is 10.7. The fraction of sp³-hybridized carbons (Fsp3) is 0.737. The third kappa shape index (κ3) is 6.35. The summed E-state index contributed by atoms with van der Waals surface area (Å²) in [5.74, 6) is -1.40. The molecule has 0 unspecified atom stereocenters. The summed E-state index contributed by atoms with van der Waals surface area (Å²) in [5, 5.41) is 25.5. The first-order valence-corrected chi connectivity index (χ1v) is 11.6. The number of carbonyl (C=O) groups excluding carboxylic acids is 2. The van der Waals surface area contributed by atoms with Gasteiger partial charge in [-0.3, -0.25) is 9.59 Å². The van der Waals surface area contributed by atoms with Gasteiger partial charge in [-0.25, -0.2) is 4.98 Å². The van der Waals surface area contributed by atoms with Gasteiger partial charge in [0.1, 0.15) is 12.1 Å². The predicted molar refractivity (Wildman–Crippen MR) is 114 cm³/mol. The van der Waals surface area contributed by atoms with Crippen LogP contribution in [0.25, 0.3) is 0 Å². The van der Waals surface area contributed by atoms with Gasteiger partial charge in [0.25, 0.3) is 0 Å². The van der Waals surface area contributed by atoms with Gasteiger partial charge in [0.05, 0.1) is 5.94 Å². The van der Waals surface area contributed by atoms with Gasteiger partial charge in [0, 0.05) is 11.9 Å². The van der Waals surface area contributed by atoms with Crippen LogP contribution in [0, 0.1) is 11.8 Å². The maximum absolute atomic E-state index is 12.9. The summed E-state index contributed by atoms with van der Waals surface area (Å²) in [6, 6.07) is -1.56. The molecule has 0 aromatic carbocycles. The third-order valence-corrected chi connectivity index (χ3v) is 6.54. The van der Waals surface area contributed by atoms with Crippen molar-refractivity contribution in [2.75, 3.05) is 11.4 Å². The number of hydrogen-bond acceptors (Lipinski definition) is 7. The number of hydrogen-bond donors (Lipinski definition) is 4. The van der Waals surface area contributed by atoms with E-state index in [9.17, 15) is 32.8 Å². The van der Waals surface area contributed by atoms with E-state index in [1.807, 2.05) is 13.8 Å². The van der Waals surface area contributed by atoms with Crippen LogP contribution in [-0.2, 0) is 15.8 Å². The van der Waals surface area contributed by atoms with Gasteiger partial charge in [0.15, 0.2) is 10.8 Å². The highest BCUT2D eigenvalue weighted by atomic mass is 32.1. The second kappa shape index (κ2) is 9.96. The molecule has 1 aliphatic carbocycles. The molecule has 1 saturated heterocycles. The number of halogens is 3. The number of thiazole rings is 1. The van der Waals surface area contributed by atoms with Crippen LogP contribution in [0.3, 0.4) is 0 Å². The Kier molecular flexibility index (Phi) is 7.71. The third-order valence-electron chi connectivity index (χ3n) is 5.66. The van der Waals surface area contributed by atoms with Crippen LogP contribution in [0.2, 0.25) is 0 Å². The van der Waals surface area contributed by atoms with E-state index in [0.717, 1.165) is 29.6 Å². The molecule has 2 fully saturated rings. The van der Waals surface area contributed by atoms with Gasteiger partial charge in [0.2, 0.25) is 11.8 Å². The maximum atomic E-state index is 12.9. The van der Waals surface area contributed by atoms with E-state index >= 15 is 0 Å². The Bertz CT molecular complexity index is 819. The Balaban J connectivity index is 1.64. The van der Waals surface area contributed by atoms with Crippen LogP contribution in [-0.4, -0.2) is 58.5 Å². The van der Waals surface area contributed by atoms with Crippen molar-refractivity contribution in [1.82, 2.24) is 15.6 Å². The minimum atomic E-state index is -4.55. The Labute approximate surface area is 188 Å². The maximum Gasteiger partial charge on any atom is 0.475 e. The van der Waals surface area contributed by atoms with Gasteiger partial charge in [-0.15, -0.1) is 11.3 Å². The Morgan fingerprint density at radius 3 is 2.44 bits per heavy atom. The SMILES string of the molecule is CC(C)C[C@H](NC(=O)[C@H](CC1CC1)NC(=O)[C@@H]1CCN1c1nc(C(F)(F)F)cs1)B(O)O. The Hall–Kier alpha value is -1.86. The fourth-order valence-corrected chi connectivity index (χ4v) is 4.56. The molecule has 8 nitrogen and oxygen atoms in total. The molecule has 1 aromatic rings. The molecular formula is C19H28BF3N4O4S. The lowest BCUT2D eigenvalue weighted by Crippen LogP contribution is -2.61. The first kappa shape index (κ1) is 24.8. The van der Waals surface area contributed by atoms with Crippen molar-refractivity contribution in [2.24, 2.45) is 11.8 Å². The van der Waals surface area contributed by atoms with E-state index in [0.29, 0.717) is 31.7 Å². The molecular weight excluding hydrogens is 448 g/mol. The molecule has 0 radical (unpaired) electrons. The molecule has 2 heterocycles. The number of amides is 2. The molecule has 1 aliphatic heterocycles. The average molecular weight is 476 g/mol. The topological polar surface area (TPSA) is 115 Å². The number of alkyl halides is 3. The molecule has 3 rings (SSSR count). The molecule has 0 bridgehead atoms. The second-order valence-corrected chi connectivity index (χ2v) is 9.75. The van der Waals surface area contributed by atoms with Crippen molar-refractivity contribution in [3.8, 4) is 0 Å². The second-order valence-electron chi connectivity index (χ2n) is 8.91. The molecule has 1 aromatic heterocycles. The molecule has 3 atom stereocenters. The van der Waals surface area contributed by atoms with E-state index in [2.05, 4.69) is 15.6 Å². The highest BCUT2D eigenvalue weighted by molar-refractivity contribution is 7.13. The predicted octanol–water partition coefficient (Wildman–Crippen LogP) is 1.57. The van der Waals surface area contributed by atoms with Gasteiger partial charge < -0.3 is 25.6 Å². The molecule has 2 aliphatic rings. The lowest BCUT2D eigenvalue weighted by molar-refractivity contribution is -0.140. The normalized spacial score (nSPS) is 20.5. The van der Waals surface area contributed by atoms with Crippen LogP contribution < -0.4 is 15.5 Å². The molecule has 4 N–H and O–H groups in total. The summed E-state index contributed by atoms with van der Waals surface area (Å²) in [5.41, 5.74) is -0.992. The minimum Gasteiger partial charge on any atom is -0.426 e. The summed E-state index contributed by atoms with van der Waals surface area (Å²) in [4.78, 5) is 30.8. The van der Waals surface area contributed by atoms with Gasteiger partial charge in [-0.2, -0.15) is 13.2 Å². The van der Waals surface area contributed by atoms with Crippen molar-refractivity contribution < 1.29 is 32.8 Å². The summed E-state index contributed by atoms with van der Waals surface area (Å²) in [6.07, 6.45) is -1.42. The molecule has 0 spiro atoms. The van der Waals surface area contributed by atoms with Gasteiger partial charge >= 0.3 is 13.3 Å². The van der Waals surface area contributed by atoms with Crippen molar-refractivity contribution >= 4 is 35.4 Å². The number of nitrogens with one attached hydrogen (secondary N) is 2. The molecule has 32 heavy (non-hydrogen) atoms. The number of carbonyl (C=O) groups is 2. The van der Waals surface area contributed by atoms with E-state index in [4.69, 9.17) is 0 Å². The lowest BCUT2D eigenvalue weighted by Gasteiger charge is -2.40. The smallest absolute Gasteiger partial charge is 0.426 e. The number of aromatic nitrogens is 1. The highest BCUT2D eigenvalue weighted by Gasteiger charge is 2.41. The van der Waals surface area contributed by atoms with Crippen LogP contribution in [0.4, 0.5) is 18.3 Å². The minimum absolute atomic E-state index is 0.113. The zero-order valence-corrected chi connectivity index (χ0v) is 18.7. The van der Waals surface area contributed by atoms with Crippen molar-refractivity contribution in [1.29, 1.82) is 0 Å². The summed E-state index contributed by atoms with van der Waals surface area (Å²) in [6.45, 7) is 4.17. The largest absolute Gasteiger partial charge is 0.475 e. The Morgan fingerprint density at radius 1 is 1.28 bits per heavy atom. The highest BCUT2D eigenvalue weighted by Crippen LogP contribution is 2.36. The van der Waals surface area contributed by atoms with Crippen molar-refractivity contribution in [3.63, 3.8) is 0 Å². The van der Waals surface area contributed by atoms with E-state index in [1.165, 1.54) is 4.90 Å². The fourth-order valence-electron chi connectivity index (χ4n) is 3.65. The van der Waals surface area contributed by atoms with Gasteiger partial charge in [-0.1, -0.05) is 26.7 Å². The van der Waals surface area contributed by atoms with E-state index in [1.54, 1.807) is 0 Å². The van der Waals surface area contributed by atoms with Crippen molar-refractivity contribution in [3.05, 3.63) is 11.1 Å². The molecule has 2 amide bonds. The summed E-state index contributed by atoms with van der Waals surface area (Å²) >= 11 is 0.825. The first-order chi connectivity index (χ1) is 15.0. The number of nitrogens with zero attached hydrogens (tertiary/aromatic N) is 2. The summed E-state index contributed by atoms with van der Waals surface area (Å²) < 4.78 is 38.5. The monoisotopic (exact) mass is 476 g/mol. The zero-order valence-electron chi connectivity index (χ0n) is 17.9. The lowest BCUT2D eigenvalue weighted by atomic mass is 9.75. The van der Waals surface area contributed by atoms with E-state index < -0.39 is 48.8 Å².